The van der Waals surface area contributed by atoms with Gasteiger partial charge in [-0.15, -0.1) is 23.5 Å². The number of fused-ring (bicyclic) bond motifs is 3. The van der Waals surface area contributed by atoms with Gasteiger partial charge in [0, 0.05) is 15.7 Å². The van der Waals surface area contributed by atoms with Crippen LogP contribution in [0, 0.1) is 0 Å². The molecule has 2 aliphatic heterocycles. The molecule has 2 fully saturated rings. The first-order valence-corrected chi connectivity index (χ1v) is 8.29. The summed E-state index contributed by atoms with van der Waals surface area (Å²) in [6.07, 6.45) is 4.84. The molecule has 4 aliphatic rings. The SMILES string of the molecule is C1=CC23SC2C2SC2c2ccc4cccc1c4c23. The van der Waals surface area contributed by atoms with Crippen LogP contribution in [0.4, 0.5) is 0 Å². The van der Waals surface area contributed by atoms with Gasteiger partial charge < -0.3 is 0 Å². The molecule has 2 aromatic carbocycles. The van der Waals surface area contributed by atoms with Crippen molar-refractivity contribution in [1.29, 1.82) is 0 Å². The molecule has 2 aromatic rings. The van der Waals surface area contributed by atoms with Crippen molar-refractivity contribution < 1.29 is 0 Å². The van der Waals surface area contributed by atoms with Crippen molar-refractivity contribution >= 4 is 40.4 Å². The van der Waals surface area contributed by atoms with Gasteiger partial charge in [0.1, 0.15) is 0 Å². The van der Waals surface area contributed by atoms with Gasteiger partial charge in [-0.05, 0) is 27.5 Å². The Kier molecular flexibility index (Phi) is 1.29. The summed E-state index contributed by atoms with van der Waals surface area (Å²) < 4.78 is 0.355. The van der Waals surface area contributed by atoms with Crippen LogP contribution in [0.15, 0.2) is 36.4 Å². The van der Waals surface area contributed by atoms with Crippen molar-refractivity contribution in [3.63, 3.8) is 0 Å². The van der Waals surface area contributed by atoms with Crippen LogP contribution in [0.3, 0.4) is 0 Å². The lowest BCUT2D eigenvalue weighted by molar-refractivity contribution is 0.743. The normalized spacial score (nSPS) is 40.3. The Bertz CT molecular complexity index is 776. The Morgan fingerprint density at radius 1 is 1.11 bits per heavy atom. The molecule has 1 spiro atoms. The van der Waals surface area contributed by atoms with Crippen LogP contribution in [0.1, 0.15) is 21.9 Å². The first kappa shape index (κ1) is 9.11. The molecule has 4 unspecified atom stereocenters. The number of thioether (sulfide) groups is 2. The van der Waals surface area contributed by atoms with E-state index in [1.165, 1.54) is 10.9 Å². The molecule has 0 nitrogen and oxygen atoms in total. The van der Waals surface area contributed by atoms with E-state index in [1.807, 2.05) is 0 Å². The highest BCUT2D eigenvalue weighted by Gasteiger charge is 2.70. The summed E-state index contributed by atoms with van der Waals surface area (Å²) in [5, 5.41) is 5.52. The standard InChI is InChI=1S/C16H10S2/c1-2-8-4-5-10-12-11(8)9(3-1)6-7-16(12)15(18-16)14-13(10)17-14/h1-7,13-15H. The Labute approximate surface area is 114 Å². The molecule has 6 rings (SSSR count). The van der Waals surface area contributed by atoms with Crippen molar-refractivity contribution in [1.82, 2.24) is 0 Å². The molecule has 2 heterocycles. The average Bonchev–Trinajstić information content (AvgIpc) is 3.28. The van der Waals surface area contributed by atoms with Crippen LogP contribution < -0.4 is 0 Å². The second-order valence-electron chi connectivity index (χ2n) is 5.66. The third-order valence-electron chi connectivity index (χ3n) is 4.83. The number of rotatable bonds is 0. The van der Waals surface area contributed by atoms with Crippen LogP contribution in [-0.2, 0) is 4.75 Å². The summed E-state index contributed by atoms with van der Waals surface area (Å²) in [6.45, 7) is 0. The Morgan fingerprint density at radius 3 is 3.11 bits per heavy atom. The minimum absolute atomic E-state index is 0.355. The highest BCUT2D eigenvalue weighted by atomic mass is 32.2. The van der Waals surface area contributed by atoms with E-state index in [9.17, 15) is 0 Å². The second-order valence-corrected chi connectivity index (χ2v) is 8.40. The van der Waals surface area contributed by atoms with Gasteiger partial charge >= 0.3 is 0 Å². The molecular formula is C16H10S2. The maximum atomic E-state index is 2.48. The van der Waals surface area contributed by atoms with E-state index in [0.29, 0.717) is 4.75 Å². The minimum atomic E-state index is 0.355. The van der Waals surface area contributed by atoms with Gasteiger partial charge in [0.25, 0.3) is 0 Å². The fourth-order valence-corrected chi connectivity index (χ4v) is 7.21. The van der Waals surface area contributed by atoms with Crippen molar-refractivity contribution in [2.45, 2.75) is 20.5 Å². The first-order chi connectivity index (χ1) is 8.88. The first-order valence-electron chi connectivity index (χ1n) is 6.47. The molecule has 2 heteroatoms. The van der Waals surface area contributed by atoms with E-state index in [1.54, 1.807) is 16.5 Å². The molecule has 2 saturated heterocycles. The summed E-state index contributed by atoms with van der Waals surface area (Å²) in [4.78, 5) is 0. The zero-order valence-corrected chi connectivity index (χ0v) is 11.2. The molecule has 86 valence electrons. The lowest BCUT2D eigenvalue weighted by Gasteiger charge is -2.26. The van der Waals surface area contributed by atoms with E-state index in [-0.39, 0.29) is 0 Å². The van der Waals surface area contributed by atoms with Crippen LogP contribution in [0.25, 0.3) is 16.8 Å². The number of hydrogen-bond acceptors (Lipinski definition) is 2. The van der Waals surface area contributed by atoms with Gasteiger partial charge in [-0.2, -0.15) is 0 Å². The maximum Gasteiger partial charge on any atom is 0.0734 e. The molecule has 0 aromatic heterocycles. The highest BCUT2D eigenvalue weighted by Crippen LogP contribution is 2.80. The lowest BCUT2D eigenvalue weighted by atomic mass is 9.76. The summed E-state index contributed by atoms with van der Waals surface area (Å²) in [5.41, 5.74) is 4.72. The van der Waals surface area contributed by atoms with Crippen LogP contribution >= 0.6 is 23.5 Å². The predicted molar refractivity (Wildman–Crippen MR) is 80.2 cm³/mol. The lowest BCUT2D eigenvalue weighted by Crippen LogP contribution is -2.22. The third kappa shape index (κ3) is 0.810. The zero-order chi connectivity index (χ0) is 11.5. The third-order valence-corrected chi connectivity index (χ3v) is 8.04. The largest absolute Gasteiger partial charge is 0.146 e. The fraction of sp³-hybridized carbons (Fsp3) is 0.250. The zero-order valence-electron chi connectivity index (χ0n) is 9.59. The summed E-state index contributed by atoms with van der Waals surface area (Å²) in [7, 11) is 0. The molecule has 2 aliphatic carbocycles. The summed E-state index contributed by atoms with van der Waals surface area (Å²) in [6, 6.07) is 11.4. The topological polar surface area (TPSA) is 0 Å². The van der Waals surface area contributed by atoms with E-state index < -0.39 is 0 Å². The van der Waals surface area contributed by atoms with Gasteiger partial charge in [-0.1, -0.05) is 42.5 Å². The second kappa shape index (κ2) is 2.54. The quantitative estimate of drug-likeness (QED) is 0.650. The Morgan fingerprint density at radius 2 is 2.11 bits per heavy atom. The Balaban J connectivity index is 1.89. The minimum Gasteiger partial charge on any atom is -0.146 e. The molecule has 4 atom stereocenters. The number of hydrogen-bond donors (Lipinski definition) is 0. The van der Waals surface area contributed by atoms with Gasteiger partial charge in [-0.3, -0.25) is 0 Å². The van der Waals surface area contributed by atoms with Gasteiger partial charge in [-0.25, -0.2) is 0 Å². The molecule has 0 bridgehead atoms. The predicted octanol–water partition coefficient (Wildman–Crippen LogP) is 4.35. The molecule has 18 heavy (non-hydrogen) atoms. The highest BCUT2D eigenvalue weighted by molar-refractivity contribution is 8.13. The van der Waals surface area contributed by atoms with E-state index in [2.05, 4.69) is 66.0 Å². The summed E-state index contributed by atoms with van der Waals surface area (Å²) >= 11 is 4.37. The molecule has 0 radical (unpaired) electrons. The molecular weight excluding hydrogens is 256 g/mol. The Hall–Kier alpha value is -0.860. The van der Waals surface area contributed by atoms with Crippen LogP contribution in [-0.4, -0.2) is 10.5 Å². The van der Waals surface area contributed by atoms with Crippen LogP contribution in [0.2, 0.25) is 0 Å². The monoisotopic (exact) mass is 266 g/mol. The number of benzene rings is 2. The molecule has 0 saturated carbocycles. The van der Waals surface area contributed by atoms with Crippen molar-refractivity contribution in [2.75, 3.05) is 0 Å². The van der Waals surface area contributed by atoms with E-state index in [4.69, 9.17) is 0 Å². The van der Waals surface area contributed by atoms with E-state index in [0.717, 1.165) is 15.7 Å². The van der Waals surface area contributed by atoms with Crippen molar-refractivity contribution in [3.8, 4) is 0 Å². The van der Waals surface area contributed by atoms with Crippen LogP contribution in [0.5, 0.6) is 0 Å². The molecule has 0 amide bonds. The van der Waals surface area contributed by atoms with Crippen molar-refractivity contribution in [2.24, 2.45) is 0 Å². The van der Waals surface area contributed by atoms with Gasteiger partial charge in [0.05, 0.1) is 4.75 Å². The maximum absolute atomic E-state index is 2.48. The van der Waals surface area contributed by atoms with E-state index >= 15 is 0 Å². The van der Waals surface area contributed by atoms with Crippen molar-refractivity contribution in [3.05, 3.63) is 53.1 Å². The average molecular weight is 266 g/mol. The summed E-state index contributed by atoms with van der Waals surface area (Å²) in [5.74, 6) is 0. The van der Waals surface area contributed by atoms with Gasteiger partial charge in [0.2, 0.25) is 0 Å². The molecule has 0 N–H and O–H groups in total. The smallest absolute Gasteiger partial charge is 0.0734 e. The van der Waals surface area contributed by atoms with Gasteiger partial charge in [0.15, 0.2) is 0 Å². The fourth-order valence-electron chi connectivity index (χ4n) is 3.94.